The van der Waals surface area contributed by atoms with Gasteiger partial charge in [-0.1, -0.05) is 35.3 Å². The van der Waals surface area contributed by atoms with Gasteiger partial charge in [0.1, 0.15) is 11.4 Å². The van der Waals surface area contributed by atoms with Crippen LogP contribution in [0.3, 0.4) is 0 Å². The Morgan fingerprint density at radius 2 is 1.39 bits per heavy atom. The zero-order valence-corrected chi connectivity index (χ0v) is 25.3. The van der Waals surface area contributed by atoms with Gasteiger partial charge in [-0.15, -0.1) is 0 Å². The molecule has 0 saturated carbocycles. The van der Waals surface area contributed by atoms with E-state index in [1.165, 1.54) is 53.6 Å². The number of hydrogen-bond donors (Lipinski definition) is 0. The van der Waals surface area contributed by atoms with Gasteiger partial charge in [-0.3, -0.25) is 9.79 Å². The summed E-state index contributed by atoms with van der Waals surface area (Å²) in [4.78, 5) is 72.4. The number of fused-ring (bicyclic) bond motifs is 2. The SMILES string of the molecule is COC(=O)/C=C(\C(=O)OC)N1C2=C(c3ccc(Cl)cc3)C(C(=O)c3ccc(Cl)cc3)=NC=CC1C(C(=O)OC)=C2C(=O)OC. The van der Waals surface area contributed by atoms with Crippen molar-refractivity contribution in [1.29, 1.82) is 0 Å². The second kappa shape index (κ2) is 13.5. The van der Waals surface area contributed by atoms with Crippen molar-refractivity contribution in [2.45, 2.75) is 6.04 Å². The summed E-state index contributed by atoms with van der Waals surface area (Å²) in [5.41, 5.74) is -0.922. The van der Waals surface area contributed by atoms with E-state index >= 15 is 0 Å². The van der Waals surface area contributed by atoms with Crippen LogP contribution in [-0.2, 0) is 38.1 Å². The Morgan fingerprint density at radius 1 is 0.795 bits per heavy atom. The summed E-state index contributed by atoms with van der Waals surface area (Å²) in [6.45, 7) is 0. The molecular formula is C31H24Cl2N2O9. The standard InChI is InChI=1S/C31H24Cl2N2O9/c1-41-22(36)15-21(29(38)42-2)35-20-13-14-34-26(28(37)17-7-11-19(33)12-8-17)23(16-5-9-18(32)10-6-16)27(35)25(31(40)44-4)24(20)30(39)43-3/h5-15,20H,1-4H3/b14-13?,21-15+,27-23?,34-26?. The topological polar surface area (TPSA) is 138 Å². The lowest BCUT2D eigenvalue weighted by Gasteiger charge is -2.31. The molecule has 0 spiro atoms. The lowest BCUT2D eigenvalue weighted by Crippen LogP contribution is -2.37. The molecule has 11 nitrogen and oxygen atoms in total. The first-order valence-electron chi connectivity index (χ1n) is 12.7. The van der Waals surface area contributed by atoms with Gasteiger partial charge in [-0.2, -0.15) is 0 Å². The number of nitrogens with zero attached hydrogens (tertiary/aromatic N) is 2. The Balaban J connectivity index is 2.24. The largest absolute Gasteiger partial charge is 0.466 e. The van der Waals surface area contributed by atoms with E-state index in [2.05, 4.69) is 4.99 Å². The first kappa shape index (κ1) is 31.9. The number of benzene rings is 2. The number of methoxy groups -OCH3 is 4. The molecule has 0 amide bonds. The van der Waals surface area contributed by atoms with Crippen LogP contribution in [0.4, 0.5) is 0 Å². The fourth-order valence-corrected chi connectivity index (χ4v) is 4.93. The van der Waals surface area contributed by atoms with Gasteiger partial charge in [-0.05, 0) is 48.0 Å². The van der Waals surface area contributed by atoms with Crippen molar-refractivity contribution in [2.75, 3.05) is 28.4 Å². The van der Waals surface area contributed by atoms with Crippen molar-refractivity contribution in [1.82, 2.24) is 4.90 Å². The second-order valence-corrected chi connectivity index (χ2v) is 9.89. The molecule has 13 heteroatoms. The second-order valence-electron chi connectivity index (χ2n) is 9.02. The molecule has 0 N–H and O–H groups in total. The third-order valence-corrected chi connectivity index (χ3v) is 7.13. The Bertz CT molecular complexity index is 1700. The molecule has 44 heavy (non-hydrogen) atoms. The lowest BCUT2D eigenvalue weighted by atomic mass is 9.90. The Morgan fingerprint density at radius 3 is 1.93 bits per heavy atom. The molecule has 1 atom stereocenters. The molecule has 2 aliphatic rings. The molecule has 0 aliphatic carbocycles. The number of carbonyl (C=O) groups excluding carboxylic acids is 5. The van der Waals surface area contributed by atoms with Gasteiger partial charge in [-0.25, -0.2) is 19.2 Å². The van der Waals surface area contributed by atoms with Crippen LogP contribution in [0.5, 0.6) is 0 Å². The third kappa shape index (κ3) is 6.05. The van der Waals surface area contributed by atoms with Crippen molar-refractivity contribution in [2.24, 2.45) is 4.99 Å². The number of esters is 4. The highest BCUT2D eigenvalue weighted by atomic mass is 35.5. The van der Waals surface area contributed by atoms with Crippen LogP contribution >= 0.6 is 23.2 Å². The number of aliphatic imine (C=N–C) groups is 1. The van der Waals surface area contributed by atoms with Crippen LogP contribution in [0.2, 0.25) is 10.0 Å². The number of halogens is 2. The van der Waals surface area contributed by atoms with Crippen LogP contribution in [0.15, 0.2) is 94.4 Å². The zero-order chi connectivity index (χ0) is 32.1. The van der Waals surface area contributed by atoms with E-state index in [1.807, 2.05) is 0 Å². The predicted octanol–water partition coefficient (Wildman–Crippen LogP) is 4.11. The minimum atomic E-state index is -1.26. The van der Waals surface area contributed by atoms with E-state index in [-0.39, 0.29) is 33.7 Å². The minimum Gasteiger partial charge on any atom is -0.466 e. The van der Waals surface area contributed by atoms with E-state index in [0.29, 0.717) is 15.6 Å². The van der Waals surface area contributed by atoms with Gasteiger partial charge in [0.2, 0.25) is 5.78 Å². The fraction of sp³-hybridized carbons (Fsp3) is 0.161. The van der Waals surface area contributed by atoms with Gasteiger partial charge in [0.05, 0.1) is 57.4 Å². The fourth-order valence-electron chi connectivity index (χ4n) is 4.68. The van der Waals surface area contributed by atoms with Gasteiger partial charge in [0.25, 0.3) is 0 Å². The smallest absolute Gasteiger partial charge is 0.354 e. The number of Topliss-reactive ketones (excluding diaryl/α,β-unsaturated/α-hetero) is 1. The van der Waals surface area contributed by atoms with Crippen molar-refractivity contribution < 1.29 is 42.9 Å². The average molecular weight is 639 g/mol. The first-order valence-corrected chi connectivity index (χ1v) is 13.5. The zero-order valence-electron chi connectivity index (χ0n) is 23.8. The van der Waals surface area contributed by atoms with Gasteiger partial charge in [0, 0.05) is 27.4 Å². The van der Waals surface area contributed by atoms with E-state index in [9.17, 15) is 24.0 Å². The number of allylic oxidation sites excluding steroid dienone is 1. The van der Waals surface area contributed by atoms with Crippen molar-refractivity contribution in [3.8, 4) is 0 Å². The average Bonchev–Trinajstić information content (AvgIpc) is 3.38. The molecule has 226 valence electrons. The van der Waals surface area contributed by atoms with E-state index in [0.717, 1.165) is 34.5 Å². The van der Waals surface area contributed by atoms with Crippen molar-refractivity contribution in [3.05, 3.63) is 111 Å². The Hall–Kier alpha value is -5.00. The quantitative estimate of drug-likeness (QED) is 0.180. The summed E-state index contributed by atoms with van der Waals surface area (Å²) >= 11 is 12.2. The summed E-state index contributed by atoms with van der Waals surface area (Å²) in [5, 5.41) is 0.741. The molecule has 2 aromatic carbocycles. The number of carbonyl (C=O) groups is 5. The van der Waals surface area contributed by atoms with Gasteiger partial charge < -0.3 is 23.8 Å². The maximum absolute atomic E-state index is 14.1. The van der Waals surface area contributed by atoms with Crippen LogP contribution < -0.4 is 0 Å². The molecule has 2 aromatic rings. The molecule has 2 aliphatic heterocycles. The molecule has 2 bridgehead atoms. The van der Waals surface area contributed by atoms with Crippen LogP contribution in [0, 0.1) is 0 Å². The number of ether oxygens (including phenoxy) is 4. The molecular weight excluding hydrogens is 615 g/mol. The first-order chi connectivity index (χ1) is 21.1. The highest BCUT2D eigenvalue weighted by molar-refractivity contribution is 6.61. The molecule has 1 unspecified atom stereocenters. The maximum Gasteiger partial charge on any atom is 0.354 e. The van der Waals surface area contributed by atoms with Crippen LogP contribution in [-0.4, -0.2) is 74.8 Å². The predicted molar refractivity (Wildman–Crippen MR) is 160 cm³/mol. The Kier molecular flexibility index (Phi) is 9.82. The molecule has 0 saturated heterocycles. The summed E-state index contributed by atoms with van der Waals surface area (Å²) < 4.78 is 19.9. The van der Waals surface area contributed by atoms with Crippen molar-refractivity contribution in [3.63, 3.8) is 0 Å². The van der Waals surface area contributed by atoms with Crippen molar-refractivity contribution >= 4 is 64.1 Å². The highest BCUT2D eigenvalue weighted by Crippen LogP contribution is 2.44. The summed E-state index contributed by atoms with van der Waals surface area (Å²) in [5.74, 6) is -4.54. The monoisotopic (exact) mass is 638 g/mol. The normalized spacial score (nSPS) is 16.1. The summed E-state index contributed by atoms with van der Waals surface area (Å²) in [7, 11) is 4.38. The van der Waals surface area contributed by atoms with E-state index in [4.69, 9.17) is 42.1 Å². The number of hydrogen-bond acceptors (Lipinski definition) is 11. The van der Waals surface area contributed by atoms with Crippen LogP contribution in [0.25, 0.3) is 5.57 Å². The van der Waals surface area contributed by atoms with Crippen LogP contribution in [0.1, 0.15) is 15.9 Å². The van der Waals surface area contributed by atoms with Gasteiger partial charge in [0.15, 0.2) is 0 Å². The summed E-state index contributed by atoms with van der Waals surface area (Å²) in [6.07, 6.45) is 3.43. The maximum atomic E-state index is 14.1. The van der Waals surface area contributed by atoms with Gasteiger partial charge >= 0.3 is 23.9 Å². The van der Waals surface area contributed by atoms with E-state index < -0.39 is 41.4 Å². The number of ketones is 1. The van der Waals surface area contributed by atoms with E-state index in [1.54, 1.807) is 12.1 Å². The Labute approximate surface area is 261 Å². The summed E-state index contributed by atoms with van der Waals surface area (Å²) in [6, 6.07) is 10.9. The molecule has 4 rings (SSSR count). The number of rotatable bonds is 8. The third-order valence-electron chi connectivity index (χ3n) is 6.63. The molecule has 2 heterocycles. The molecule has 0 radical (unpaired) electrons. The molecule has 0 fully saturated rings. The minimum absolute atomic E-state index is 0.00469. The lowest BCUT2D eigenvalue weighted by molar-refractivity contribution is -0.140. The highest BCUT2D eigenvalue weighted by Gasteiger charge is 2.48. The molecule has 0 aromatic heterocycles.